The van der Waals surface area contributed by atoms with Gasteiger partial charge in [-0.1, -0.05) is 25.1 Å². The summed E-state index contributed by atoms with van der Waals surface area (Å²) in [6.45, 7) is 4.92. The van der Waals surface area contributed by atoms with Crippen molar-refractivity contribution in [2.45, 2.75) is 32.3 Å². The van der Waals surface area contributed by atoms with Crippen LogP contribution in [0.3, 0.4) is 0 Å². The molecule has 1 fully saturated rings. The van der Waals surface area contributed by atoms with Gasteiger partial charge in [0.05, 0.1) is 19.8 Å². The van der Waals surface area contributed by atoms with Crippen molar-refractivity contribution in [1.29, 1.82) is 0 Å². The number of para-hydroxylation sites is 1. The van der Waals surface area contributed by atoms with Crippen molar-refractivity contribution < 1.29 is 9.47 Å². The number of rotatable bonds is 9. The molecule has 1 aromatic rings. The lowest BCUT2D eigenvalue weighted by atomic mass is 10.1. The zero-order valence-corrected chi connectivity index (χ0v) is 12.0. The molecule has 0 heterocycles. The van der Waals surface area contributed by atoms with Crippen LogP contribution >= 0.6 is 0 Å². The van der Waals surface area contributed by atoms with Gasteiger partial charge in [-0.3, -0.25) is 0 Å². The van der Waals surface area contributed by atoms with E-state index in [1.54, 1.807) is 7.11 Å². The van der Waals surface area contributed by atoms with Crippen LogP contribution in [0, 0.1) is 5.92 Å². The number of hydrogen-bond acceptors (Lipinski definition) is 3. The minimum absolute atomic E-state index is 0.0864. The van der Waals surface area contributed by atoms with Gasteiger partial charge < -0.3 is 14.8 Å². The van der Waals surface area contributed by atoms with Gasteiger partial charge in [0.25, 0.3) is 0 Å². The first kappa shape index (κ1) is 14.4. The molecule has 2 rings (SSSR count). The van der Waals surface area contributed by atoms with Crippen molar-refractivity contribution >= 4 is 0 Å². The Kier molecular flexibility index (Phi) is 5.67. The summed E-state index contributed by atoms with van der Waals surface area (Å²) in [6, 6.07) is 8.15. The number of nitrogens with one attached hydrogen (secondary N) is 1. The molecular weight excluding hydrogens is 238 g/mol. The van der Waals surface area contributed by atoms with Gasteiger partial charge in [-0.05, 0) is 37.8 Å². The molecule has 1 N–H and O–H groups in total. The van der Waals surface area contributed by atoms with E-state index in [0.717, 1.165) is 43.3 Å². The second-order valence-corrected chi connectivity index (χ2v) is 5.21. The maximum Gasteiger partial charge on any atom is 0.124 e. The summed E-state index contributed by atoms with van der Waals surface area (Å²) >= 11 is 0. The van der Waals surface area contributed by atoms with Crippen LogP contribution in [0.15, 0.2) is 24.3 Å². The Bertz CT molecular complexity index is 377. The summed E-state index contributed by atoms with van der Waals surface area (Å²) in [5.74, 6) is 1.70. The highest BCUT2D eigenvalue weighted by Crippen LogP contribution is 2.33. The zero-order valence-electron chi connectivity index (χ0n) is 12.0. The van der Waals surface area contributed by atoms with E-state index in [1.807, 2.05) is 18.2 Å². The van der Waals surface area contributed by atoms with E-state index >= 15 is 0 Å². The normalized spacial score (nSPS) is 16.3. The van der Waals surface area contributed by atoms with Gasteiger partial charge in [0.1, 0.15) is 5.75 Å². The molecule has 0 spiro atoms. The molecular formula is C16H25NO2. The predicted octanol–water partition coefficient (Wildman–Crippen LogP) is 3.16. The molecule has 1 atom stereocenters. The molecule has 1 saturated carbocycles. The summed E-state index contributed by atoms with van der Waals surface area (Å²) in [6.07, 6.45) is 3.87. The van der Waals surface area contributed by atoms with Crippen molar-refractivity contribution in [3.8, 4) is 5.75 Å². The lowest BCUT2D eigenvalue weighted by Crippen LogP contribution is -2.25. The second kappa shape index (κ2) is 7.51. The fourth-order valence-corrected chi connectivity index (χ4v) is 2.14. The summed E-state index contributed by atoms with van der Waals surface area (Å²) in [7, 11) is 1.72. The van der Waals surface area contributed by atoms with Crippen LogP contribution in [-0.2, 0) is 4.74 Å². The Labute approximate surface area is 116 Å². The fraction of sp³-hybridized carbons (Fsp3) is 0.625. The Morgan fingerprint density at radius 2 is 2.11 bits per heavy atom. The van der Waals surface area contributed by atoms with E-state index in [1.165, 1.54) is 12.8 Å². The number of ether oxygens (including phenoxy) is 2. The molecule has 0 bridgehead atoms. The van der Waals surface area contributed by atoms with Crippen molar-refractivity contribution in [2.24, 2.45) is 5.92 Å². The highest BCUT2D eigenvalue weighted by Gasteiger charge is 2.24. The van der Waals surface area contributed by atoms with Crippen LogP contribution < -0.4 is 10.1 Å². The first-order valence-electron chi connectivity index (χ1n) is 7.30. The predicted molar refractivity (Wildman–Crippen MR) is 77.6 cm³/mol. The highest BCUT2D eigenvalue weighted by molar-refractivity contribution is 5.35. The first-order valence-corrected chi connectivity index (χ1v) is 7.30. The number of hydrogen-bond donors (Lipinski definition) is 1. The Hall–Kier alpha value is -1.06. The van der Waals surface area contributed by atoms with Gasteiger partial charge in [0, 0.05) is 12.1 Å². The minimum atomic E-state index is 0.0864. The van der Waals surface area contributed by atoms with E-state index in [4.69, 9.17) is 9.47 Å². The summed E-state index contributed by atoms with van der Waals surface area (Å²) < 4.78 is 11.5. The zero-order chi connectivity index (χ0) is 13.5. The molecule has 3 nitrogen and oxygen atoms in total. The third-order valence-corrected chi connectivity index (χ3v) is 3.47. The van der Waals surface area contributed by atoms with Crippen LogP contribution in [0.5, 0.6) is 5.75 Å². The molecule has 106 valence electrons. The molecule has 1 aromatic carbocycles. The Balaban J connectivity index is 2.00. The quantitative estimate of drug-likeness (QED) is 0.694. The van der Waals surface area contributed by atoms with Gasteiger partial charge in [0.15, 0.2) is 0 Å². The van der Waals surface area contributed by atoms with Gasteiger partial charge in [0.2, 0.25) is 0 Å². The molecule has 3 heteroatoms. The van der Waals surface area contributed by atoms with Crippen molar-refractivity contribution in [1.82, 2.24) is 5.32 Å². The van der Waals surface area contributed by atoms with Gasteiger partial charge in [-0.2, -0.15) is 0 Å². The third-order valence-electron chi connectivity index (χ3n) is 3.47. The van der Waals surface area contributed by atoms with Crippen LogP contribution in [0.25, 0.3) is 0 Å². The topological polar surface area (TPSA) is 30.5 Å². The lowest BCUT2D eigenvalue weighted by molar-refractivity contribution is 0.0438. The van der Waals surface area contributed by atoms with E-state index in [2.05, 4.69) is 18.3 Å². The molecule has 0 amide bonds. The average molecular weight is 263 g/mol. The van der Waals surface area contributed by atoms with Gasteiger partial charge in [-0.25, -0.2) is 0 Å². The second-order valence-electron chi connectivity index (χ2n) is 5.21. The van der Waals surface area contributed by atoms with Crippen LogP contribution in [-0.4, -0.2) is 26.8 Å². The third kappa shape index (κ3) is 4.51. The minimum Gasteiger partial charge on any atom is -0.496 e. The summed E-state index contributed by atoms with van der Waals surface area (Å²) in [5, 5.41) is 3.45. The first-order chi connectivity index (χ1) is 9.35. The van der Waals surface area contributed by atoms with Crippen molar-refractivity contribution in [2.75, 3.05) is 26.8 Å². The van der Waals surface area contributed by atoms with E-state index in [0.29, 0.717) is 0 Å². The Morgan fingerprint density at radius 1 is 1.32 bits per heavy atom. The van der Waals surface area contributed by atoms with E-state index in [9.17, 15) is 0 Å². The number of methoxy groups -OCH3 is 1. The largest absolute Gasteiger partial charge is 0.496 e. The van der Waals surface area contributed by atoms with Gasteiger partial charge in [-0.15, -0.1) is 0 Å². The van der Waals surface area contributed by atoms with Crippen LogP contribution in [0.4, 0.5) is 0 Å². The molecule has 0 aliphatic heterocycles. The van der Waals surface area contributed by atoms with Crippen molar-refractivity contribution in [3.63, 3.8) is 0 Å². The standard InChI is InChI=1S/C16H25NO2/c1-3-10-17-11-16(19-12-13-8-9-13)14-6-4-5-7-15(14)18-2/h4-7,13,16-17H,3,8-12H2,1-2H3. The van der Waals surface area contributed by atoms with Crippen LogP contribution in [0.1, 0.15) is 37.9 Å². The SMILES string of the molecule is CCCNCC(OCC1CC1)c1ccccc1OC. The van der Waals surface area contributed by atoms with E-state index < -0.39 is 0 Å². The average Bonchev–Trinajstić information content (AvgIpc) is 3.27. The fourth-order valence-electron chi connectivity index (χ4n) is 2.14. The maximum absolute atomic E-state index is 6.10. The molecule has 19 heavy (non-hydrogen) atoms. The molecule has 1 aliphatic carbocycles. The van der Waals surface area contributed by atoms with Crippen LogP contribution in [0.2, 0.25) is 0 Å². The summed E-state index contributed by atoms with van der Waals surface area (Å²) in [5.41, 5.74) is 1.15. The monoisotopic (exact) mass is 263 g/mol. The lowest BCUT2D eigenvalue weighted by Gasteiger charge is -2.21. The maximum atomic E-state index is 6.10. The summed E-state index contributed by atoms with van der Waals surface area (Å²) in [4.78, 5) is 0. The molecule has 0 aromatic heterocycles. The van der Waals surface area contributed by atoms with Gasteiger partial charge >= 0.3 is 0 Å². The van der Waals surface area contributed by atoms with E-state index in [-0.39, 0.29) is 6.10 Å². The molecule has 1 unspecified atom stereocenters. The number of benzene rings is 1. The molecule has 0 radical (unpaired) electrons. The molecule has 1 aliphatic rings. The van der Waals surface area contributed by atoms with Crippen molar-refractivity contribution in [3.05, 3.63) is 29.8 Å². The highest BCUT2D eigenvalue weighted by atomic mass is 16.5. The molecule has 0 saturated heterocycles. The smallest absolute Gasteiger partial charge is 0.124 e. The Morgan fingerprint density at radius 3 is 2.79 bits per heavy atom.